The maximum Gasteiger partial charge on any atom is 0.492 e. The highest BCUT2D eigenvalue weighted by atomic mass is 16.5. The van der Waals surface area contributed by atoms with Gasteiger partial charge in [-0.3, -0.25) is 0 Å². The first kappa shape index (κ1) is 13.9. The van der Waals surface area contributed by atoms with Gasteiger partial charge in [0, 0.05) is 0 Å². The van der Waals surface area contributed by atoms with Crippen LogP contribution in [-0.4, -0.2) is 24.3 Å². The van der Waals surface area contributed by atoms with Crippen molar-refractivity contribution >= 4 is 12.6 Å². The Morgan fingerprint density at radius 3 is 3.00 bits per heavy atom. The van der Waals surface area contributed by atoms with Crippen LogP contribution in [0.15, 0.2) is 12.1 Å². The van der Waals surface area contributed by atoms with Gasteiger partial charge in [0.25, 0.3) is 0 Å². The predicted octanol–water partition coefficient (Wildman–Crippen LogP) is 0.0865. The first-order valence-corrected chi connectivity index (χ1v) is 6.25. The van der Waals surface area contributed by atoms with Gasteiger partial charge < -0.3 is 20.1 Å². The molecule has 1 aromatic carbocycles. The third kappa shape index (κ3) is 2.74. The average Bonchev–Trinajstić information content (AvgIpc) is 2.78. The topological polar surface area (TPSA) is 88.5 Å². The molecule has 0 saturated heterocycles. The Balaban J connectivity index is 2.28. The fourth-order valence-corrected chi connectivity index (χ4v) is 2.14. The number of nitrogens with two attached hydrogens (primary N) is 1. The smallest absolute Gasteiger partial charge is 0.490 e. The molecule has 0 spiro atoms. The Morgan fingerprint density at radius 2 is 2.37 bits per heavy atom. The van der Waals surface area contributed by atoms with E-state index in [-0.39, 0.29) is 6.61 Å². The lowest BCUT2D eigenvalue weighted by molar-refractivity contribution is 0.262. The van der Waals surface area contributed by atoms with Crippen molar-refractivity contribution in [3.63, 3.8) is 0 Å². The number of rotatable bonds is 4. The molecule has 3 N–H and O–H groups in total. The molecule has 0 aliphatic carbocycles. The van der Waals surface area contributed by atoms with Crippen molar-refractivity contribution in [3.05, 3.63) is 23.3 Å². The number of nitriles is 1. The van der Waals surface area contributed by atoms with E-state index in [0.29, 0.717) is 18.8 Å². The monoisotopic (exact) mass is 260 g/mol. The minimum absolute atomic E-state index is 0.103. The molecule has 0 saturated carbocycles. The van der Waals surface area contributed by atoms with Gasteiger partial charge in [0.15, 0.2) is 0 Å². The van der Waals surface area contributed by atoms with Gasteiger partial charge in [-0.2, -0.15) is 5.26 Å². The summed E-state index contributed by atoms with van der Waals surface area (Å²) in [5.74, 6) is 0.651. The first-order chi connectivity index (χ1) is 8.98. The van der Waals surface area contributed by atoms with Crippen LogP contribution in [0.5, 0.6) is 5.75 Å². The molecule has 0 radical (unpaired) electrons. The second-order valence-electron chi connectivity index (χ2n) is 4.95. The van der Waals surface area contributed by atoms with Crippen LogP contribution in [0.3, 0.4) is 0 Å². The molecule has 5 nitrogen and oxygen atoms in total. The third-order valence-corrected chi connectivity index (χ3v) is 3.18. The largest absolute Gasteiger partial charge is 0.492 e. The normalized spacial score (nSPS) is 16.7. The van der Waals surface area contributed by atoms with Gasteiger partial charge in [-0.1, -0.05) is 13.0 Å². The molecule has 0 aromatic heterocycles. The average molecular weight is 260 g/mol. The number of benzene rings is 1. The maximum atomic E-state index is 9.84. The summed E-state index contributed by atoms with van der Waals surface area (Å²) in [6.45, 7) is 4.12. The van der Waals surface area contributed by atoms with Crippen molar-refractivity contribution in [2.75, 3.05) is 6.61 Å². The molecule has 1 unspecified atom stereocenters. The molecule has 1 aromatic rings. The van der Waals surface area contributed by atoms with Crippen LogP contribution in [0.4, 0.5) is 0 Å². The minimum Gasteiger partial charge on any atom is -0.490 e. The second-order valence-corrected chi connectivity index (χ2v) is 4.95. The molecular formula is C13H17BN2O3. The molecule has 1 heterocycles. The SMILES string of the molecule is CCc1c(OCC(C)(N)C#N)ccc2c1B(O)OC2. The third-order valence-electron chi connectivity index (χ3n) is 3.18. The van der Waals surface area contributed by atoms with Gasteiger partial charge in [-0.25, -0.2) is 0 Å². The zero-order valence-electron chi connectivity index (χ0n) is 11.1. The number of fused-ring (bicyclic) bond motifs is 1. The van der Waals surface area contributed by atoms with E-state index in [4.69, 9.17) is 20.4 Å². The first-order valence-electron chi connectivity index (χ1n) is 6.25. The van der Waals surface area contributed by atoms with Crippen LogP contribution in [0.25, 0.3) is 0 Å². The molecule has 0 fully saturated rings. The molecule has 100 valence electrons. The van der Waals surface area contributed by atoms with E-state index in [0.717, 1.165) is 16.6 Å². The Labute approximate surface area is 113 Å². The summed E-state index contributed by atoms with van der Waals surface area (Å²) in [5, 5.41) is 18.7. The van der Waals surface area contributed by atoms with Crippen molar-refractivity contribution in [3.8, 4) is 11.8 Å². The summed E-state index contributed by atoms with van der Waals surface area (Å²) < 4.78 is 10.9. The Morgan fingerprint density at radius 1 is 1.63 bits per heavy atom. The number of nitrogens with zero attached hydrogens (tertiary/aromatic N) is 1. The van der Waals surface area contributed by atoms with E-state index in [1.165, 1.54) is 0 Å². The molecule has 1 atom stereocenters. The Bertz CT molecular complexity index is 525. The van der Waals surface area contributed by atoms with Crippen molar-refractivity contribution < 1.29 is 14.4 Å². The quantitative estimate of drug-likeness (QED) is 0.749. The van der Waals surface area contributed by atoms with Crippen molar-refractivity contribution in [2.24, 2.45) is 5.73 Å². The van der Waals surface area contributed by atoms with Gasteiger partial charge in [-0.05, 0) is 36.0 Å². The van der Waals surface area contributed by atoms with Gasteiger partial charge in [-0.15, -0.1) is 0 Å². The Kier molecular flexibility index (Phi) is 3.81. The van der Waals surface area contributed by atoms with Crippen LogP contribution in [0, 0.1) is 11.3 Å². The summed E-state index contributed by atoms with van der Waals surface area (Å²) >= 11 is 0. The summed E-state index contributed by atoms with van der Waals surface area (Å²) in [5.41, 5.74) is 7.39. The zero-order chi connectivity index (χ0) is 14.0. The van der Waals surface area contributed by atoms with E-state index in [1.54, 1.807) is 6.92 Å². The summed E-state index contributed by atoms with van der Waals surface area (Å²) in [6.07, 6.45) is 0.715. The van der Waals surface area contributed by atoms with E-state index in [9.17, 15) is 5.02 Å². The highest BCUT2D eigenvalue weighted by Gasteiger charge is 2.31. The van der Waals surface area contributed by atoms with Crippen LogP contribution in [0.2, 0.25) is 0 Å². The van der Waals surface area contributed by atoms with Gasteiger partial charge in [0.1, 0.15) is 17.9 Å². The molecule has 1 aliphatic heterocycles. The van der Waals surface area contributed by atoms with Gasteiger partial charge >= 0.3 is 7.12 Å². The maximum absolute atomic E-state index is 9.84. The Hall–Kier alpha value is -1.55. The summed E-state index contributed by atoms with van der Waals surface area (Å²) in [6, 6.07) is 5.70. The minimum atomic E-state index is -1.03. The fourth-order valence-electron chi connectivity index (χ4n) is 2.14. The van der Waals surface area contributed by atoms with Crippen LogP contribution >= 0.6 is 0 Å². The van der Waals surface area contributed by atoms with Gasteiger partial charge in [0.2, 0.25) is 0 Å². The van der Waals surface area contributed by atoms with E-state index >= 15 is 0 Å². The van der Waals surface area contributed by atoms with E-state index in [1.807, 2.05) is 25.1 Å². The van der Waals surface area contributed by atoms with E-state index < -0.39 is 12.7 Å². The van der Waals surface area contributed by atoms with Gasteiger partial charge in [0.05, 0.1) is 12.7 Å². The molecule has 19 heavy (non-hydrogen) atoms. The second kappa shape index (κ2) is 5.21. The van der Waals surface area contributed by atoms with Crippen molar-refractivity contribution in [1.82, 2.24) is 0 Å². The van der Waals surface area contributed by atoms with Crippen LogP contribution in [0.1, 0.15) is 25.0 Å². The highest BCUT2D eigenvalue weighted by molar-refractivity contribution is 6.62. The predicted molar refractivity (Wildman–Crippen MR) is 71.9 cm³/mol. The molecule has 1 aliphatic rings. The molecule has 0 bridgehead atoms. The standard InChI is InChI=1S/C13H17BN2O3/c1-3-10-11(18-8-13(2,16)7-15)5-4-9-6-19-14(17)12(9)10/h4-5,17H,3,6,8,16H2,1-2H3. The van der Waals surface area contributed by atoms with E-state index in [2.05, 4.69) is 0 Å². The van der Waals surface area contributed by atoms with Crippen molar-refractivity contribution in [2.45, 2.75) is 32.4 Å². The van der Waals surface area contributed by atoms with Crippen LogP contribution < -0.4 is 15.9 Å². The lowest BCUT2D eigenvalue weighted by Crippen LogP contribution is -2.41. The molecular weight excluding hydrogens is 243 g/mol. The number of hydrogen-bond donors (Lipinski definition) is 2. The number of hydrogen-bond acceptors (Lipinski definition) is 5. The van der Waals surface area contributed by atoms with Crippen LogP contribution in [-0.2, 0) is 17.7 Å². The summed E-state index contributed by atoms with van der Waals surface area (Å²) in [4.78, 5) is 0. The van der Waals surface area contributed by atoms with Crippen molar-refractivity contribution in [1.29, 1.82) is 5.26 Å². The number of ether oxygens (including phenoxy) is 1. The molecule has 6 heteroatoms. The molecule has 0 amide bonds. The lowest BCUT2D eigenvalue weighted by atomic mass is 9.75. The summed E-state index contributed by atoms with van der Waals surface area (Å²) in [7, 11) is -0.895. The molecule has 2 rings (SSSR count). The fraction of sp³-hybridized carbons (Fsp3) is 0.462. The zero-order valence-corrected chi connectivity index (χ0v) is 11.1. The lowest BCUT2D eigenvalue weighted by Gasteiger charge is -2.19. The highest BCUT2D eigenvalue weighted by Crippen LogP contribution is 2.24.